The first-order chi connectivity index (χ1) is 43.7. The second-order valence-corrected chi connectivity index (χ2v) is 25.6. The lowest BCUT2D eigenvalue weighted by atomic mass is 9.89. The first-order valence-corrected chi connectivity index (χ1v) is 32.7. The van der Waals surface area contributed by atoms with Crippen molar-refractivity contribution >= 4 is 73.1 Å². The van der Waals surface area contributed by atoms with E-state index in [-0.39, 0.29) is 114 Å². The summed E-state index contributed by atoms with van der Waals surface area (Å²) in [4.78, 5) is 109. The Hall–Kier alpha value is -7.31. The van der Waals surface area contributed by atoms with E-state index in [1.54, 1.807) is 30.9 Å². The number of hydrogen-bond acceptors (Lipinski definition) is 16. The fraction of sp³-hybridized carbons (Fsp3) is 0.492. The molecule has 8 atom stereocenters. The predicted molar refractivity (Wildman–Crippen MR) is 319 cm³/mol. The summed E-state index contributed by atoms with van der Waals surface area (Å²) in [6.45, 7) is 1.93. The zero-order valence-electron chi connectivity index (χ0n) is 50.9. The SMILES string of the molecule is COC(=O)N[C@H](C(=O)N1CCC[C@H]1c1nc2cc(F)c([C@H]3CC[C@H](c4cc5c(cc4F)nc([C@@H]4CCCN4C(=O)[C@@H](NC(=O)OC)[C@@H](C)OC)n5COP(=O)(O)O)N3c3cc(F)c(N4CCC(c5ccc(F)cc5)CC4)c(F)c3)cc2n1COP(=O)(O)O)[C@@H](C)OC. The Kier molecular flexibility index (Phi) is 20.4. The van der Waals surface area contributed by atoms with Gasteiger partial charge in [0.2, 0.25) is 11.8 Å². The number of amides is 4. The van der Waals surface area contributed by atoms with Crippen molar-refractivity contribution in [3.8, 4) is 0 Å². The van der Waals surface area contributed by atoms with Crippen molar-refractivity contribution < 1.29 is 97.8 Å². The van der Waals surface area contributed by atoms with Crippen LogP contribution >= 0.6 is 15.6 Å². The summed E-state index contributed by atoms with van der Waals surface area (Å²) in [5.41, 5.74) is -0.102. The molecule has 6 N–H and O–H groups in total. The standard InChI is InChI=1S/C59H71F5N10O16P2/c1-31(85-3)51(67-58(77)87-5)56(75)70-19-7-9-47(70)54-65-43-27-39(61)37(25-49(43)72(54)29-89-91(79,80)81)45-15-16-46(74(45)36-23-41(63)53(42(64)24-36)69-21-17-34(18-22-69)33-11-13-35(60)14-12-33)38-26-50-44(28-40(38)62)66-55(73(50)30-90-92(82,83)84)48-10-8-20-71(48)57(76)52(32(2)86-4)68-59(78)88-6/h11-14,23-28,31-32,34,45-48,51-52H,7-10,15-22,29-30H2,1-6H3,(H,67,77)(H,68,78)(H2,79,80,81)(H2,82,83,84)/t31-,32-,45-,46-,47+,48+,51+,52+/m1/s1. The molecular formula is C59H71F5N10O16P2. The highest BCUT2D eigenvalue weighted by Gasteiger charge is 2.45. The maximum atomic E-state index is 17.5. The van der Waals surface area contributed by atoms with Gasteiger partial charge in [-0.3, -0.25) is 18.6 Å². The highest BCUT2D eigenvalue weighted by Crippen LogP contribution is 2.51. The molecule has 2 aromatic heterocycles. The van der Waals surface area contributed by atoms with Crippen LogP contribution in [0.3, 0.4) is 0 Å². The first-order valence-electron chi connectivity index (χ1n) is 29.6. The first kappa shape index (κ1) is 67.6. The number of piperidine rings is 1. The second-order valence-electron chi connectivity index (χ2n) is 23.1. The van der Waals surface area contributed by atoms with Crippen molar-refractivity contribution in [2.24, 2.45) is 0 Å². The average Bonchev–Trinajstić information content (AvgIpc) is 1.56. The molecule has 4 fully saturated rings. The van der Waals surface area contributed by atoms with Gasteiger partial charge < -0.3 is 77.9 Å². The zero-order valence-corrected chi connectivity index (χ0v) is 52.7. The van der Waals surface area contributed by atoms with E-state index in [4.69, 9.17) is 38.0 Å². The fourth-order valence-electron chi connectivity index (χ4n) is 13.2. The molecule has 4 aromatic carbocycles. The number of alkyl carbamates (subject to hydrolysis) is 2. The number of halogens is 5. The third kappa shape index (κ3) is 14.1. The number of nitrogens with zero attached hydrogens (tertiary/aromatic N) is 8. The summed E-state index contributed by atoms with van der Waals surface area (Å²) in [5.74, 6) is -5.60. The van der Waals surface area contributed by atoms with Crippen molar-refractivity contribution in [2.45, 2.75) is 133 Å². The largest absolute Gasteiger partial charge is 0.471 e. The molecule has 0 spiro atoms. The minimum atomic E-state index is -5.27. The Morgan fingerprint density at radius 1 is 0.576 bits per heavy atom. The van der Waals surface area contributed by atoms with Gasteiger partial charge in [-0.1, -0.05) is 12.1 Å². The number of benzene rings is 4. The van der Waals surface area contributed by atoms with Gasteiger partial charge in [0.1, 0.15) is 60.3 Å². The number of anilines is 2. The van der Waals surface area contributed by atoms with Gasteiger partial charge >= 0.3 is 27.8 Å². The molecule has 0 aliphatic carbocycles. The van der Waals surface area contributed by atoms with Crippen LogP contribution in [-0.2, 0) is 60.2 Å². The number of phosphoric acid groups is 2. The number of carbonyl (C=O) groups excluding carboxylic acids is 4. The number of phosphoric ester groups is 2. The van der Waals surface area contributed by atoms with Gasteiger partial charge in [-0.05, 0) is 113 Å². The van der Waals surface area contributed by atoms with Crippen molar-refractivity contribution in [3.05, 3.63) is 118 Å². The number of rotatable bonds is 21. The molecule has 0 bridgehead atoms. The minimum Gasteiger partial charge on any atom is -0.453 e. The van der Waals surface area contributed by atoms with E-state index in [2.05, 4.69) is 10.6 Å². The number of imidazole rings is 2. The Labute approximate surface area is 524 Å². The van der Waals surface area contributed by atoms with E-state index in [9.17, 15) is 52.3 Å². The second kappa shape index (κ2) is 27.7. The van der Waals surface area contributed by atoms with E-state index in [1.807, 2.05) is 0 Å². The van der Waals surface area contributed by atoms with Gasteiger partial charge in [-0.15, -0.1) is 0 Å². The predicted octanol–water partition coefficient (Wildman–Crippen LogP) is 8.53. The molecule has 4 aliphatic rings. The molecule has 33 heteroatoms. The van der Waals surface area contributed by atoms with E-state index in [1.165, 1.54) is 62.3 Å². The van der Waals surface area contributed by atoms with E-state index >= 15 is 17.6 Å². The van der Waals surface area contributed by atoms with Gasteiger partial charge in [0.05, 0.1) is 72.7 Å². The summed E-state index contributed by atoms with van der Waals surface area (Å²) in [7, 11) is -5.66. The Morgan fingerprint density at radius 3 is 1.39 bits per heavy atom. The number of hydrogen-bond donors (Lipinski definition) is 6. The number of methoxy groups -OCH3 is 4. The quantitative estimate of drug-likeness (QED) is 0.0290. The fourth-order valence-corrected chi connectivity index (χ4v) is 13.8. The number of likely N-dealkylation sites (tertiary alicyclic amines) is 2. The number of aromatic nitrogens is 4. The van der Waals surface area contributed by atoms with Crippen LogP contribution in [0.15, 0.2) is 60.7 Å². The van der Waals surface area contributed by atoms with Crippen molar-refractivity contribution in [2.75, 3.05) is 64.4 Å². The summed E-state index contributed by atoms with van der Waals surface area (Å²) in [6.07, 6.45) is -1.62. The van der Waals surface area contributed by atoms with Crippen LogP contribution in [0.2, 0.25) is 0 Å². The molecule has 0 unspecified atom stereocenters. The van der Waals surface area contributed by atoms with Crippen LogP contribution in [0, 0.1) is 29.1 Å². The van der Waals surface area contributed by atoms with Crippen LogP contribution < -0.4 is 20.4 Å². The third-order valence-corrected chi connectivity index (χ3v) is 18.8. The normalized spacial score (nSPS) is 20.5. The molecule has 0 radical (unpaired) electrons. The van der Waals surface area contributed by atoms with Gasteiger partial charge in [-0.25, -0.2) is 50.6 Å². The van der Waals surface area contributed by atoms with Crippen molar-refractivity contribution in [3.63, 3.8) is 0 Å². The monoisotopic (exact) mass is 1330 g/mol. The number of fused-ring (bicyclic) bond motifs is 2. The zero-order chi connectivity index (χ0) is 66.2. The lowest BCUT2D eigenvalue weighted by molar-refractivity contribution is -0.138. The van der Waals surface area contributed by atoms with Gasteiger partial charge in [0.15, 0.2) is 11.6 Å². The van der Waals surface area contributed by atoms with Gasteiger partial charge in [0, 0.05) is 69.3 Å². The van der Waals surface area contributed by atoms with E-state index < -0.39 is 131 Å². The Morgan fingerprint density at radius 2 is 1.00 bits per heavy atom. The average molecular weight is 1330 g/mol. The van der Waals surface area contributed by atoms with Gasteiger partial charge in [0.25, 0.3) is 0 Å². The minimum absolute atomic E-state index is 0.00158. The molecule has 10 rings (SSSR count). The summed E-state index contributed by atoms with van der Waals surface area (Å²) in [5, 5.41) is 4.97. The molecular weight excluding hydrogens is 1260 g/mol. The van der Waals surface area contributed by atoms with Gasteiger partial charge in [-0.2, -0.15) is 0 Å². The summed E-state index contributed by atoms with van der Waals surface area (Å²) < 4.78 is 141. The van der Waals surface area contributed by atoms with Crippen molar-refractivity contribution in [1.29, 1.82) is 0 Å². The number of nitrogens with one attached hydrogen (secondary N) is 2. The van der Waals surface area contributed by atoms with E-state index in [0.717, 1.165) is 44.0 Å². The molecule has 4 amide bonds. The highest BCUT2D eigenvalue weighted by atomic mass is 31.2. The van der Waals surface area contributed by atoms with Crippen LogP contribution in [0.5, 0.6) is 0 Å². The summed E-state index contributed by atoms with van der Waals surface area (Å²) >= 11 is 0. The lowest BCUT2D eigenvalue weighted by Gasteiger charge is -2.36. The number of carbonyl (C=O) groups is 4. The summed E-state index contributed by atoms with van der Waals surface area (Å²) in [6, 6.07) is 5.85. The molecule has 4 aliphatic heterocycles. The van der Waals surface area contributed by atoms with Crippen LogP contribution in [0.1, 0.15) is 124 Å². The number of ether oxygens (including phenoxy) is 4. The Balaban J connectivity index is 1.09. The molecule has 6 aromatic rings. The Bertz CT molecular complexity index is 3640. The molecule has 26 nitrogen and oxygen atoms in total. The molecule has 4 saturated heterocycles. The van der Waals surface area contributed by atoms with Crippen LogP contribution in [0.4, 0.5) is 42.9 Å². The maximum Gasteiger partial charge on any atom is 0.471 e. The molecule has 0 saturated carbocycles. The van der Waals surface area contributed by atoms with Crippen LogP contribution in [-0.4, -0.2) is 151 Å². The molecule has 6 heterocycles. The smallest absolute Gasteiger partial charge is 0.453 e. The third-order valence-electron chi connectivity index (χ3n) is 17.9. The molecule has 92 heavy (non-hydrogen) atoms. The molecule has 498 valence electrons. The highest BCUT2D eigenvalue weighted by molar-refractivity contribution is 7.46. The topological polar surface area (TPSA) is 311 Å². The van der Waals surface area contributed by atoms with Crippen LogP contribution in [0.25, 0.3) is 22.1 Å². The lowest BCUT2D eigenvalue weighted by Crippen LogP contribution is -2.54. The van der Waals surface area contributed by atoms with Crippen molar-refractivity contribution in [1.82, 2.24) is 39.5 Å². The van der Waals surface area contributed by atoms with E-state index in [0.29, 0.717) is 25.7 Å². The maximum absolute atomic E-state index is 17.5.